The van der Waals surface area contributed by atoms with E-state index in [2.05, 4.69) is 32.2 Å². The number of hydrogen-bond donors (Lipinski definition) is 1. The molecule has 0 saturated carbocycles. The summed E-state index contributed by atoms with van der Waals surface area (Å²) in [7, 11) is 0. The molecule has 0 spiro atoms. The molecule has 1 aliphatic carbocycles. The summed E-state index contributed by atoms with van der Waals surface area (Å²) in [5.41, 5.74) is 2.68. The molecule has 124 valence electrons. The highest BCUT2D eigenvalue weighted by molar-refractivity contribution is 7.16. The summed E-state index contributed by atoms with van der Waals surface area (Å²) in [6.45, 7) is 6.83. The van der Waals surface area contributed by atoms with Gasteiger partial charge in [-0.05, 0) is 48.3 Å². The van der Waals surface area contributed by atoms with Gasteiger partial charge in [0.25, 0.3) is 5.91 Å². The predicted molar refractivity (Wildman–Crippen MR) is 98.4 cm³/mol. The van der Waals surface area contributed by atoms with Crippen LogP contribution >= 0.6 is 11.3 Å². The van der Waals surface area contributed by atoms with Gasteiger partial charge in [-0.25, -0.2) is 0 Å². The molecule has 1 aliphatic rings. The third-order valence-electron chi connectivity index (χ3n) is 4.86. The average molecular weight is 338 g/mol. The van der Waals surface area contributed by atoms with Crippen LogP contribution in [0.15, 0.2) is 30.3 Å². The van der Waals surface area contributed by atoms with Crippen LogP contribution in [0.3, 0.4) is 0 Å². The number of nitriles is 1. The van der Waals surface area contributed by atoms with Crippen LogP contribution in [0.5, 0.6) is 0 Å². The summed E-state index contributed by atoms with van der Waals surface area (Å²) in [6.07, 6.45) is 3.03. The Hall–Kier alpha value is -2.12. The van der Waals surface area contributed by atoms with Crippen LogP contribution < -0.4 is 5.32 Å². The predicted octanol–water partition coefficient (Wildman–Crippen LogP) is 5.02. The average Bonchev–Trinajstić information content (AvgIpc) is 2.90. The third kappa shape index (κ3) is 3.22. The lowest BCUT2D eigenvalue weighted by Crippen LogP contribution is -2.26. The van der Waals surface area contributed by atoms with Crippen molar-refractivity contribution in [2.24, 2.45) is 11.3 Å². The Morgan fingerprint density at radius 2 is 2.00 bits per heavy atom. The Kier molecular flexibility index (Phi) is 4.47. The fourth-order valence-electron chi connectivity index (χ4n) is 3.30. The van der Waals surface area contributed by atoms with Crippen molar-refractivity contribution in [1.29, 1.82) is 5.26 Å². The zero-order chi connectivity index (χ0) is 17.3. The van der Waals surface area contributed by atoms with Crippen LogP contribution in [0.2, 0.25) is 0 Å². The van der Waals surface area contributed by atoms with Gasteiger partial charge in [0, 0.05) is 10.4 Å². The van der Waals surface area contributed by atoms with Crippen LogP contribution in [0.1, 0.15) is 53.6 Å². The number of thiophene rings is 1. The van der Waals surface area contributed by atoms with Gasteiger partial charge in [0.05, 0.1) is 5.56 Å². The molecule has 4 heteroatoms. The van der Waals surface area contributed by atoms with Gasteiger partial charge in [-0.2, -0.15) is 5.26 Å². The Bertz CT molecular complexity index is 794. The van der Waals surface area contributed by atoms with Gasteiger partial charge in [0.1, 0.15) is 11.1 Å². The number of nitrogens with zero attached hydrogens (tertiary/aromatic N) is 1. The molecule has 1 atom stereocenters. The quantitative estimate of drug-likeness (QED) is 0.835. The fourth-order valence-corrected chi connectivity index (χ4v) is 4.57. The summed E-state index contributed by atoms with van der Waals surface area (Å²) in [4.78, 5) is 13.7. The fraction of sp³-hybridized carbons (Fsp3) is 0.400. The van der Waals surface area contributed by atoms with Crippen molar-refractivity contribution in [3.05, 3.63) is 51.9 Å². The van der Waals surface area contributed by atoms with E-state index in [1.54, 1.807) is 23.5 Å². The first-order valence-electron chi connectivity index (χ1n) is 8.31. The normalized spacial score (nSPS) is 17.0. The smallest absolute Gasteiger partial charge is 0.256 e. The molecule has 2 aromatic rings. The molecule has 3 rings (SSSR count). The van der Waals surface area contributed by atoms with E-state index in [1.807, 2.05) is 18.2 Å². The number of fused-ring (bicyclic) bond motifs is 1. The van der Waals surface area contributed by atoms with E-state index in [1.165, 1.54) is 4.88 Å². The highest BCUT2D eigenvalue weighted by atomic mass is 32.1. The van der Waals surface area contributed by atoms with Crippen LogP contribution in [0, 0.1) is 22.7 Å². The highest BCUT2D eigenvalue weighted by Gasteiger charge is 2.32. The van der Waals surface area contributed by atoms with Crippen molar-refractivity contribution in [2.75, 3.05) is 5.32 Å². The maximum Gasteiger partial charge on any atom is 0.256 e. The SMILES string of the molecule is CC(C)(C)C1CCc2c(sc(NC(=O)c3ccccc3)c2C#N)C1. The molecule has 1 aromatic carbocycles. The Morgan fingerprint density at radius 3 is 2.62 bits per heavy atom. The van der Waals surface area contributed by atoms with E-state index in [4.69, 9.17) is 0 Å². The van der Waals surface area contributed by atoms with Crippen molar-refractivity contribution < 1.29 is 4.79 Å². The van der Waals surface area contributed by atoms with Crippen LogP contribution in [0.4, 0.5) is 5.00 Å². The van der Waals surface area contributed by atoms with Gasteiger partial charge in [0.15, 0.2) is 0 Å². The number of amides is 1. The first-order chi connectivity index (χ1) is 11.4. The molecule has 0 saturated heterocycles. The summed E-state index contributed by atoms with van der Waals surface area (Å²) < 4.78 is 0. The first kappa shape index (κ1) is 16.7. The monoisotopic (exact) mass is 338 g/mol. The van der Waals surface area contributed by atoms with E-state index in [-0.39, 0.29) is 11.3 Å². The minimum Gasteiger partial charge on any atom is -0.312 e. The van der Waals surface area contributed by atoms with E-state index < -0.39 is 0 Å². The lowest BCUT2D eigenvalue weighted by atomic mass is 9.72. The molecule has 1 unspecified atom stereocenters. The van der Waals surface area contributed by atoms with Gasteiger partial charge in [-0.15, -0.1) is 11.3 Å². The largest absolute Gasteiger partial charge is 0.312 e. The number of nitrogens with one attached hydrogen (secondary N) is 1. The number of carbonyl (C=O) groups is 1. The molecule has 1 aromatic heterocycles. The molecule has 24 heavy (non-hydrogen) atoms. The van der Waals surface area contributed by atoms with Gasteiger partial charge in [-0.3, -0.25) is 4.79 Å². The second-order valence-electron chi connectivity index (χ2n) is 7.45. The maximum absolute atomic E-state index is 12.4. The topological polar surface area (TPSA) is 52.9 Å². The van der Waals surface area contributed by atoms with Crippen molar-refractivity contribution in [3.8, 4) is 6.07 Å². The lowest BCUT2D eigenvalue weighted by molar-refractivity contribution is 0.102. The summed E-state index contributed by atoms with van der Waals surface area (Å²) in [5, 5.41) is 13.2. The zero-order valence-corrected chi connectivity index (χ0v) is 15.2. The van der Waals surface area contributed by atoms with E-state index in [0.717, 1.165) is 24.8 Å². The molecule has 1 N–H and O–H groups in total. The van der Waals surface area contributed by atoms with Crippen LogP contribution in [0.25, 0.3) is 0 Å². The number of anilines is 1. The molecule has 3 nitrogen and oxygen atoms in total. The van der Waals surface area contributed by atoms with Gasteiger partial charge in [0.2, 0.25) is 0 Å². The third-order valence-corrected chi connectivity index (χ3v) is 6.03. The minimum atomic E-state index is -0.155. The highest BCUT2D eigenvalue weighted by Crippen LogP contribution is 2.44. The Balaban J connectivity index is 1.87. The van der Waals surface area contributed by atoms with Gasteiger partial charge in [-0.1, -0.05) is 39.0 Å². The Morgan fingerprint density at radius 1 is 1.29 bits per heavy atom. The lowest BCUT2D eigenvalue weighted by Gasteiger charge is -2.33. The number of hydrogen-bond acceptors (Lipinski definition) is 3. The second kappa shape index (κ2) is 6.41. The molecule has 0 bridgehead atoms. The Labute approximate surface area is 147 Å². The molecular weight excluding hydrogens is 316 g/mol. The molecule has 0 aliphatic heterocycles. The standard InChI is InChI=1S/C20H22N2OS/c1-20(2,3)14-9-10-15-16(12-21)19(24-17(15)11-14)22-18(23)13-7-5-4-6-8-13/h4-8,14H,9-11H2,1-3H3,(H,22,23). The maximum atomic E-state index is 12.4. The summed E-state index contributed by atoms with van der Waals surface area (Å²) in [6, 6.07) is 11.4. The second-order valence-corrected chi connectivity index (χ2v) is 8.55. The van der Waals surface area contributed by atoms with Gasteiger partial charge < -0.3 is 5.32 Å². The number of carbonyl (C=O) groups excluding carboxylic acids is 1. The number of benzene rings is 1. The van der Waals surface area contributed by atoms with E-state index in [0.29, 0.717) is 22.0 Å². The first-order valence-corrected chi connectivity index (χ1v) is 9.13. The molecule has 1 amide bonds. The van der Waals surface area contributed by atoms with E-state index in [9.17, 15) is 10.1 Å². The zero-order valence-electron chi connectivity index (χ0n) is 14.3. The molecule has 1 heterocycles. The van der Waals surface area contributed by atoms with Crippen molar-refractivity contribution >= 4 is 22.2 Å². The molecule has 0 radical (unpaired) electrons. The van der Waals surface area contributed by atoms with Crippen LogP contribution in [-0.2, 0) is 12.8 Å². The van der Waals surface area contributed by atoms with Gasteiger partial charge >= 0.3 is 0 Å². The molecule has 0 fully saturated rings. The van der Waals surface area contributed by atoms with Crippen molar-refractivity contribution in [3.63, 3.8) is 0 Å². The van der Waals surface area contributed by atoms with E-state index >= 15 is 0 Å². The molecular formula is C20H22N2OS. The summed E-state index contributed by atoms with van der Waals surface area (Å²) >= 11 is 1.57. The number of rotatable bonds is 2. The summed E-state index contributed by atoms with van der Waals surface area (Å²) in [5.74, 6) is 0.464. The minimum absolute atomic E-state index is 0.155. The van der Waals surface area contributed by atoms with Crippen molar-refractivity contribution in [1.82, 2.24) is 0 Å². The van der Waals surface area contributed by atoms with Crippen molar-refractivity contribution in [2.45, 2.75) is 40.0 Å². The van der Waals surface area contributed by atoms with Crippen LogP contribution in [-0.4, -0.2) is 5.91 Å².